The molecule has 21 heavy (non-hydrogen) atoms. The lowest BCUT2D eigenvalue weighted by Gasteiger charge is -2.13. The number of anilines is 1. The number of aromatic nitrogens is 2. The van der Waals surface area contributed by atoms with Crippen molar-refractivity contribution in [1.82, 2.24) is 9.78 Å². The molecule has 114 valence electrons. The molecule has 0 unspecified atom stereocenters. The Morgan fingerprint density at radius 3 is 2.48 bits per heavy atom. The van der Waals surface area contributed by atoms with Crippen LogP contribution in [0.4, 0.5) is 5.69 Å². The fraction of sp³-hybridized carbons (Fsp3) is 0.357. The molecule has 1 heterocycles. The summed E-state index contributed by atoms with van der Waals surface area (Å²) in [5, 5.41) is 12.7. The van der Waals surface area contributed by atoms with Gasteiger partial charge in [0.25, 0.3) is 0 Å². The standard InChI is InChI=1S/C14H20N4O2S/c1-9-5-13(21(15,19)20)6-14(10(9)2)16-7-12-8-17-18(4)11(12)3/h5-6,8,16H,7H2,1-4H3,(H2,15,19,20). The van der Waals surface area contributed by atoms with Gasteiger partial charge in [-0.3, -0.25) is 4.68 Å². The number of nitrogens with two attached hydrogens (primary N) is 1. The van der Waals surface area contributed by atoms with Crippen molar-refractivity contribution in [3.63, 3.8) is 0 Å². The van der Waals surface area contributed by atoms with Crippen LogP contribution in [0.1, 0.15) is 22.4 Å². The van der Waals surface area contributed by atoms with Gasteiger partial charge in [-0.1, -0.05) is 0 Å². The van der Waals surface area contributed by atoms with Crippen molar-refractivity contribution in [1.29, 1.82) is 0 Å². The molecule has 0 saturated heterocycles. The highest BCUT2D eigenvalue weighted by Gasteiger charge is 2.13. The van der Waals surface area contributed by atoms with E-state index in [-0.39, 0.29) is 4.90 Å². The van der Waals surface area contributed by atoms with Crippen LogP contribution in [0.25, 0.3) is 0 Å². The van der Waals surface area contributed by atoms with Crippen molar-refractivity contribution in [3.8, 4) is 0 Å². The summed E-state index contributed by atoms with van der Waals surface area (Å²) >= 11 is 0. The van der Waals surface area contributed by atoms with E-state index in [1.165, 1.54) is 0 Å². The quantitative estimate of drug-likeness (QED) is 0.898. The van der Waals surface area contributed by atoms with Crippen LogP contribution in [0.5, 0.6) is 0 Å². The van der Waals surface area contributed by atoms with E-state index in [2.05, 4.69) is 10.4 Å². The molecule has 2 rings (SSSR count). The van der Waals surface area contributed by atoms with Crippen molar-refractivity contribution in [2.75, 3.05) is 5.32 Å². The maximum Gasteiger partial charge on any atom is 0.238 e. The summed E-state index contributed by atoms with van der Waals surface area (Å²) in [4.78, 5) is 0.121. The molecule has 1 aromatic carbocycles. The lowest BCUT2D eigenvalue weighted by atomic mass is 10.1. The van der Waals surface area contributed by atoms with Gasteiger partial charge < -0.3 is 5.32 Å². The van der Waals surface area contributed by atoms with E-state index < -0.39 is 10.0 Å². The molecule has 1 aromatic heterocycles. The molecule has 0 bridgehead atoms. The van der Waals surface area contributed by atoms with Crippen LogP contribution in [-0.4, -0.2) is 18.2 Å². The Kier molecular flexibility index (Phi) is 4.06. The van der Waals surface area contributed by atoms with Gasteiger partial charge in [0.2, 0.25) is 10.0 Å². The summed E-state index contributed by atoms with van der Waals surface area (Å²) in [6.07, 6.45) is 1.80. The molecule has 0 atom stereocenters. The molecule has 0 aliphatic rings. The minimum absolute atomic E-state index is 0.121. The van der Waals surface area contributed by atoms with Crippen LogP contribution in [-0.2, 0) is 23.6 Å². The monoisotopic (exact) mass is 308 g/mol. The lowest BCUT2D eigenvalue weighted by Crippen LogP contribution is -2.13. The lowest BCUT2D eigenvalue weighted by molar-refractivity contribution is 0.597. The average molecular weight is 308 g/mol. The molecule has 7 heteroatoms. The van der Waals surface area contributed by atoms with E-state index in [0.29, 0.717) is 6.54 Å². The van der Waals surface area contributed by atoms with Gasteiger partial charge in [-0.05, 0) is 44.0 Å². The number of aryl methyl sites for hydroxylation is 2. The van der Waals surface area contributed by atoms with Crippen molar-refractivity contribution in [2.24, 2.45) is 12.2 Å². The number of hydrogen-bond acceptors (Lipinski definition) is 4. The fourth-order valence-corrected chi connectivity index (χ4v) is 2.71. The van der Waals surface area contributed by atoms with Gasteiger partial charge in [-0.2, -0.15) is 5.10 Å². The first-order valence-electron chi connectivity index (χ1n) is 6.55. The molecule has 0 aliphatic heterocycles. The number of sulfonamides is 1. The zero-order valence-corrected chi connectivity index (χ0v) is 13.5. The first-order valence-corrected chi connectivity index (χ1v) is 8.10. The molecule has 2 aromatic rings. The predicted octanol–water partition coefficient (Wildman–Crippen LogP) is 1.60. The van der Waals surface area contributed by atoms with E-state index in [9.17, 15) is 8.42 Å². The minimum Gasteiger partial charge on any atom is -0.381 e. The summed E-state index contributed by atoms with van der Waals surface area (Å²) in [7, 11) is -1.82. The Bertz CT molecular complexity index is 779. The zero-order valence-electron chi connectivity index (χ0n) is 12.6. The van der Waals surface area contributed by atoms with Gasteiger partial charge in [0.05, 0.1) is 11.1 Å². The second-order valence-corrected chi connectivity index (χ2v) is 6.75. The fourth-order valence-electron chi connectivity index (χ4n) is 2.08. The highest BCUT2D eigenvalue weighted by atomic mass is 32.2. The van der Waals surface area contributed by atoms with Gasteiger partial charge in [-0.25, -0.2) is 13.6 Å². The molecule has 0 aliphatic carbocycles. The number of nitrogens with zero attached hydrogens (tertiary/aromatic N) is 2. The normalized spacial score (nSPS) is 11.7. The Morgan fingerprint density at radius 2 is 1.95 bits per heavy atom. The SMILES string of the molecule is Cc1cc(S(N)(=O)=O)cc(NCc2cnn(C)c2C)c1C. The number of hydrogen-bond donors (Lipinski definition) is 2. The number of rotatable bonds is 4. The molecule has 3 N–H and O–H groups in total. The molecule has 0 spiro atoms. The number of primary sulfonamides is 1. The van der Waals surface area contributed by atoms with Crippen molar-refractivity contribution >= 4 is 15.7 Å². The second-order valence-electron chi connectivity index (χ2n) is 5.19. The third-order valence-corrected chi connectivity index (χ3v) is 4.67. The average Bonchev–Trinajstić information content (AvgIpc) is 2.70. The number of nitrogens with one attached hydrogen (secondary N) is 1. The van der Waals surface area contributed by atoms with Crippen LogP contribution in [0, 0.1) is 20.8 Å². The third kappa shape index (κ3) is 3.25. The first-order chi connectivity index (χ1) is 9.70. The summed E-state index contributed by atoms with van der Waals surface area (Å²) in [5.74, 6) is 0. The van der Waals surface area contributed by atoms with Crippen molar-refractivity contribution in [2.45, 2.75) is 32.2 Å². The van der Waals surface area contributed by atoms with Gasteiger partial charge >= 0.3 is 0 Å². The zero-order chi connectivity index (χ0) is 15.8. The third-order valence-electron chi connectivity index (χ3n) is 3.78. The van der Waals surface area contributed by atoms with Gasteiger partial charge in [-0.15, -0.1) is 0 Å². The van der Waals surface area contributed by atoms with Crippen LogP contribution in [0.15, 0.2) is 23.2 Å². The Hall–Kier alpha value is -1.86. The molecule has 6 nitrogen and oxygen atoms in total. The van der Waals surface area contributed by atoms with Crippen LogP contribution < -0.4 is 10.5 Å². The van der Waals surface area contributed by atoms with Crippen molar-refractivity contribution in [3.05, 3.63) is 40.7 Å². The van der Waals surface area contributed by atoms with E-state index in [0.717, 1.165) is 28.1 Å². The largest absolute Gasteiger partial charge is 0.381 e. The summed E-state index contributed by atoms with van der Waals surface area (Å²) in [6.45, 7) is 6.38. The smallest absolute Gasteiger partial charge is 0.238 e. The summed E-state index contributed by atoms with van der Waals surface area (Å²) in [6, 6.07) is 3.16. The van der Waals surface area contributed by atoms with E-state index in [4.69, 9.17) is 5.14 Å². The van der Waals surface area contributed by atoms with Gasteiger partial charge in [0.1, 0.15) is 0 Å². The van der Waals surface area contributed by atoms with E-state index in [1.807, 2.05) is 27.8 Å². The molecular formula is C14H20N4O2S. The van der Waals surface area contributed by atoms with Crippen LogP contribution in [0.3, 0.4) is 0 Å². The predicted molar refractivity (Wildman–Crippen MR) is 82.6 cm³/mol. The second kappa shape index (κ2) is 5.50. The molecule has 0 fully saturated rings. The molecule has 0 amide bonds. The minimum atomic E-state index is -3.71. The Balaban J connectivity index is 2.32. The topological polar surface area (TPSA) is 90.0 Å². The molecule has 0 saturated carbocycles. The maximum atomic E-state index is 11.5. The first kappa shape index (κ1) is 15.5. The number of benzene rings is 1. The van der Waals surface area contributed by atoms with Gasteiger partial charge in [0.15, 0.2) is 0 Å². The molecule has 0 radical (unpaired) electrons. The Morgan fingerprint density at radius 1 is 1.29 bits per heavy atom. The highest BCUT2D eigenvalue weighted by molar-refractivity contribution is 7.89. The van der Waals surface area contributed by atoms with Gasteiger partial charge in [0, 0.05) is 30.5 Å². The highest BCUT2D eigenvalue weighted by Crippen LogP contribution is 2.24. The summed E-state index contributed by atoms with van der Waals surface area (Å²) < 4.78 is 24.8. The van der Waals surface area contributed by atoms with E-state index >= 15 is 0 Å². The van der Waals surface area contributed by atoms with Crippen LogP contribution >= 0.6 is 0 Å². The van der Waals surface area contributed by atoms with Crippen molar-refractivity contribution < 1.29 is 8.42 Å². The summed E-state index contributed by atoms with van der Waals surface area (Å²) in [5.41, 5.74) is 4.79. The molecular weight excluding hydrogens is 288 g/mol. The maximum absolute atomic E-state index is 11.5. The Labute approximate surface area is 125 Å². The van der Waals surface area contributed by atoms with E-state index in [1.54, 1.807) is 23.0 Å². The van der Waals surface area contributed by atoms with Crippen LogP contribution in [0.2, 0.25) is 0 Å².